The normalized spacial score (nSPS) is 14.9. The summed E-state index contributed by atoms with van der Waals surface area (Å²) in [6, 6.07) is 12.0. The first kappa shape index (κ1) is 21.1. The van der Waals surface area contributed by atoms with Crippen molar-refractivity contribution < 1.29 is 13.2 Å². The van der Waals surface area contributed by atoms with Crippen molar-refractivity contribution in [2.75, 3.05) is 19.6 Å². The van der Waals surface area contributed by atoms with Gasteiger partial charge in [0.2, 0.25) is 10.0 Å². The highest BCUT2D eigenvalue weighted by molar-refractivity contribution is 7.89. The second kappa shape index (κ2) is 9.27. The molecule has 0 aliphatic carbocycles. The van der Waals surface area contributed by atoms with Crippen LogP contribution in [0.1, 0.15) is 35.2 Å². The predicted octanol–water partition coefficient (Wildman–Crippen LogP) is 4.14. The predicted molar refractivity (Wildman–Crippen MR) is 112 cm³/mol. The Labute approximate surface area is 175 Å². The minimum Gasteiger partial charge on any atom is -0.352 e. The molecule has 3 rings (SSSR count). The topological polar surface area (TPSA) is 66.5 Å². The molecule has 1 aliphatic rings. The molecule has 2 aromatic carbocycles. The molecule has 0 radical (unpaired) electrons. The van der Waals surface area contributed by atoms with E-state index in [2.05, 4.69) is 5.32 Å². The Morgan fingerprint density at radius 2 is 1.75 bits per heavy atom. The van der Waals surface area contributed by atoms with E-state index in [0.29, 0.717) is 24.7 Å². The van der Waals surface area contributed by atoms with Gasteiger partial charge in [0.25, 0.3) is 5.91 Å². The molecule has 0 aromatic heterocycles. The Bertz CT molecular complexity index is 958. The van der Waals surface area contributed by atoms with Crippen LogP contribution in [0.25, 0.3) is 0 Å². The van der Waals surface area contributed by atoms with Gasteiger partial charge in [-0.2, -0.15) is 4.31 Å². The molecule has 8 heteroatoms. The second-order valence-electron chi connectivity index (χ2n) is 6.71. The summed E-state index contributed by atoms with van der Waals surface area (Å²) < 4.78 is 27.0. The first-order chi connectivity index (χ1) is 13.4. The number of nitrogens with one attached hydrogen (secondary N) is 1. The van der Waals surface area contributed by atoms with Crippen LogP contribution in [0.4, 0.5) is 0 Å². The molecular weight excluding hydrogens is 419 g/mol. The van der Waals surface area contributed by atoms with Gasteiger partial charge in [0.15, 0.2) is 0 Å². The van der Waals surface area contributed by atoms with Crippen LogP contribution >= 0.6 is 23.2 Å². The Morgan fingerprint density at radius 3 is 2.46 bits per heavy atom. The van der Waals surface area contributed by atoms with Crippen molar-refractivity contribution >= 4 is 39.1 Å². The van der Waals surface area contributed by atoms with Crippen molar-refractivity contribution in [3.05, 3.63) is 63.6 Å². The van der Waals surface area contributed by atoms with E-state index in [1.165, 1.54) is 22.5 Å². The highest BCUT2D eigenvalue weighted by atomic mass is 35.5. The summed E-state index contributed by atoms with van der Waals surface area (Å²) in [7, 11) is -3.68. The van der Waals surface area contributed by atoms with E-state index in [1.807, 2.05) is 24.3 Å². The number of rotatable bonds is 7. The van der Waals surface area contributed by atoms with Crippen LogP contribution in [0.15, 0.2) is 47.4 Å². The molecule has 1 saturated heterocycles. The molecule has 0 spiro atoms. The Kier molecular flexibility index (Phi) is 6.99. The Hall–Kier alpha value is -1.60. The van der Waals surface area contributed by atoms with Crippen molar-refractivity contribution in [3.8, 4) is 0 Å². The van der Waals surface area contributed by atoms with E-state index in [4.69, 9.17) is 23.2 Å². The van der Waals surface area contributed by atoms with E-state index >= 15 is 0 Å². The number of halogens is 2. The summed E-state index contributed by atoms with van der Waals surface area (Å²) in [4.78, 5) is 12.4. The van der Waals surface area contributed by atoms with Crippen molar-refractivity contribution in [3.63, 3.8) is 0 Å². The first-order valence-electron chi connectivity index (χ1n) is 9.21. The fourth-order valence-corrected chi connectivity index (χ4v) is 5.44. The van der Waals surface area contributed by atoms with Gasteiger partial charge >= 0.3 is 0 Å². The van der Waals surface area contributed by atoms with E-state index < -0.39 is 10.0 Å². The monoisotopic (exact) mass is 440 g/mol. The lowest BCUT2D eigenvalue weighted by Crippen LogP contribution is -2.29. The minimum atomic E-state index is -3.68. The smallest absolute Gasteiger partial charge is 0.251 e. The summed E-state index contributed by atoms with van der Waals surface area (Å²) in [5.74, 6) is -0.325. The van der Waals surface area contributed by atoms with Crippen molar-refractivity contribution in [1.29, 1.82) is 0 Å². The lowest BCUT2D eigenvalue weighted by molar-refractivity contribution is 0.0953. The van der Waals surface area contributed by atoms with E-state index in [9.17, 15) is 13.2 Å². The number of benzene rings is 2. The van der Waals surface area contributed by atoms with E-state index in [1.54, 1.807) is 0 Å². The van der Waals surface area contributed by atoms with Crippen molar-refractivity contribution in [2.24, 2.45) is 0 Å². The highest BCUT2D eigenvalue weighted by Gasteiger charge is 2.29. The zero-order valence-corrected chi connectivity index (χ0v) is 17.7. The summed E-state index contributed by atoms with van der Waals surface area (Å²) in [5.41, 5.74) is 1.31. The lowest BCUT2D eigenvalue weighted by atomic mass is 10.1. The van der Waals surface area contributed by atoms with E-state index in [-0.39, 0.29) is 21.4 Å². The number of amides is 1. The van der Waals surface area contributed by atoms with Crippen molar-refractivity contribution in [1.82, 2.24) is 9.62 Å². The zero-order valence-electron chi connectivity index (χ0n) is 15.3. The highest BCUT2D eigenvalue weighted by Crippen LogP contribution is 2.28. The fourth-order valence-electron chi connectivity index (χ4n) is 3.19. The SMILES string of the molecule is O=C(NCCCc1ccccc1Cl)c1ccc(Cl)c(S(=O)(=O)N2CCCC2)c1. The van der Waals surface area contributed by atoms with Gasteiger partial charge < -0.3 is 5.32 Å². The second-order valence-corrected chi connectivity index (χ2v) is 9.43. The molecule has 5 nitrogen and oxygen atoms in total. The first-order valence-corrected chi connectivity index (χ1v) is 11.4. The Balaban J connectivity index is 1.63. The van der Waals surface area contributed by atoms with Gasteiger partial charge in [-0.3, -0.25) is 4.79 Å². The zero-order chi connectivity index (χ0) is 20.1. The fraction of sp³-hybridized carbons (Fsp3) is 0.350. The van der Waals surface area contributed by atoms with Crippen LogP contribution < -0.4 is 5.32 Å². The van der Waals surface area contributed by atoms with Gasteiger partial charge in [-0.15, -0.1) is 0 Å². The number of nitrogens with zero attached hydrogens (tertiary/aromatic N) is 1. The molecule has 150 valence electrons. The molecule has 0 bridgehead atoms. The summed E-state index contributed by atoms with van der Waals surface area (Å²) in [5, 5.41) is 3.66. The number of sulfonamides is 1. The maximum atomic E-state index is 12.8. The third-order valence-electron chi connectivity index (χ3n) is 4.74. The summed E-state index contributed by atoms with van der Waals surface area (Å²) in [6.45, 7) is 1.43. The van der Waals surface area contributed by atoms with Gasteiger partial charge in [0, 0.05) is 30.2 Å². The number of carbonyl (C=O) groups is 1. The molecule has 0 saturated carbocycles. The van der Waals surface area contributed by atoms with Crippen LogP contribution in [0.2, 0.25) is 10.0 Å². The molecule has 1 aliphatic heterocycles. The third kappa shape index (κ3) is 4.87. The number of carbonyl (C=O) groups excluding carboxylic acids is 1. The quantitative estimate of drug-likeness (QED) is 0.657. The average Bonchev–Trinajstić information content (AvgIpc) is 3.22. The molecule has 0 atom stereocenters. The van der Waals surface area contributed by atoms with Crippen molar-refractivity contribution in [2.45, 2.75) is 30.6 Å². The number of hydrogen-bond donors (Lipinski definition) is 1. The third-order valence-corrected chi connectivity index (χ3v) is 7.49. The van der Waals surface area contributed by atoms with Gasteiger partial charge in [-0.05, 0) is 55.5 Å². The molecule has 1 amide bonds. The van der Waals surface area contributed by atoms with Crippen LogP contribution in [0.5, 0.6) is 0 Å². The molecule has 1 N–H and O–H groups in total. The van der Waals surface area contributed by atoms with Crippen LogP contribution in [0, 0.1) is 0 Å². The minimum absolute atomic E-state index is 0.0141. The van der Waals surface area contributed by atoms with Gasteiger partial charge in [-0.25, -0.2) is 8.42 Å². The van der Waals surface area contributed by atoms with Gasteiger partial charge in [0.05, 0.1) is 5.02 Å². The summed E-state index contributed by atoms with van der Waals surface area (Å²) in [6.07, 6.45) is 3.14. The Morgan fingerprint density at radius 1 is 1.04 bits per heavy atom. The van der Waals surface area contributed by atoms with Crippen LogP contribution in [-0.4, -0.2) is 38.3 Å². The maximum absolute atomic E-state index is 12.8. The van der Waals surface area contributed by atoms with Crippen LogP contribution in [-0.2, 0) is 16.4 Å². The van der Waals surface area contributed by atoms with E-state index in [0.717, 1.165) is 31.2 Å². The number of aryl methyl sites for hydroxylation is 1. The molecule has 1 fully saturated rings. The lowest BCUT2D eigenvalue weighted by Gasteiger charge is -2.17. The number of hydrogen-bond acceptors (Lipinski definition) is 3. The van der Waals surface area contributed by atoms with Gasteiger partial charge in [0.1, 0.15) is 4.90 Å². The molecule has 0 unspecified atom stereocenters. The average molecular weight is 441 g/mol. The standard InChI is InChI=1S/C20H22Cl2N2O3S/c21-17-8-2-1-6-15(17)7-5-11-23-20(25)16-9-10-18(22)19(14-16)28(26,27)24-12-3-4-13-24/h1-2,6,8-10,14H,3-5,7,11-13H2,(H,23,25). The van der Waals surface area contributed by atoms with Crippen LogP contribution in [0.3, 0.4) is 0 Å². The van der Waals surface area contributed by atoms with Gasteiger partial charge in [-0.1, -0.05) is 41.4 Å². The molecular formula is C20H22Cl2N2O3S. The molecule has 28 heavy (non-hydrogen) atoms. The maximum Gasteiger partial charge on any atom is 0.251 e. The molecule has 1 heterocycles. The largest absolute Gasteiger partial charge is 0.352 e. The molecule has 2 aromatic rings. The summed E-state index contributed by atoms with van der Waals surface area (Å²) >= 11 is 12.3.